The van der Waals surface area contributed by atoms with Crippen molar-refractivity contribution in [1.29, 1.82) is 0 Å². The Balaban J connectivity index is 3.30. The first-order valence-electron chi connectivity index (χ1n) is 10.4. The molecule has 1 aliphatic heterocycles. The molecule has 0 saturated carbocycles. The summed E-state index contributed by atoms with van der Waals surface area (Å²) in [6.07, 6.45) is -7.11. The Labute approximate surface area is 196 Å². The zero-order valence-corrected chi connectivity index (χ0v) is 19.9. The van der Waals surface area contributed by atoms with Crippen LogP contribution in [0.4, 0.5) is 0 Å². The predicted molar refractivity (Wildman–Crippen MR) is 112 cm³/mol. The van der Waals surface area contributed by atoms with Gasteiger partial charge in [-0.25, -0.2) is 0 Å². The molecule has 0 radical (unpaired) electrons. The van der Waals surface area contributed by atoms with Crippen LogP contribution in [-0.2, 0) is 52.5 Å². The molecule has 1 rings (SSSR count). The Hall–Kier alpha value is -3.26. The van der Waals surface area contributed by atoms with Gasteiger partial charge in [0.05, 0.1) is 12.5 Å². The highest BCUT2D eigenvalue weighted by Gasteiger charge is 2.52. The van der Waals surface area contributed by atoms with Crippen LogP contribution in [0, 0.1) is 0 Å². The third kappa shape index (κ3) is 8.94. The summed E-state index contributed by atoms with van der Waals surface area (Å²) >= 11 is 0. The van der Waals surface area contributed by atoms with Gasteiger partial charge in [-0.15, -0.1) is 0 Å². The summed E-state index contributed by atoms with van der Waals surface area (Å²) < 4.78 is 26.5. The number of likely N-dealkylation sites (N-methyl/N-ethyl adjacent to an activating group) is 2. The minimum atomic E-state index is -1.43. The number of rotatable bonds is 10. The fourth-order valence-electron chi connectivity index (χ4n) is 3.25. The largest absolute Gasteiger partial charge is 0.463 e. The van der Waals surface area contributed by atoms with Crippen molar-refractivity contribution in [3.05, 3.63) is 0 Å². The quantitative estimate of drug-likeness (QED) is 0.225. The second-order valence-corrected chi connectivity index (χ2v) is 7.35. The summed E-state index contributed by atoms with van der Waals surface area (Å²) in [5.74, 6) is -4.16. The third-order valence-corrected chi connectivity index (χ3v) is 4.59. The van der Waals surface area contributed by atoms with Crippen LogP contribution in [0.2, 0.25) is 0 Å². The van der Waals surface area contributed by atoms with E-state index in [1.54, 1.807) is 0 Å². The minimum absolute atomic E-state index is 0.316. The summed E-state index contributed by atoms with van der Waals surface area (Å²) in [7, 11) is 2.89. The van der Waals surface area contributed by atoms with E-state index < -0.39 is 79.0 Å². The Morgan fingerprint density at radius 1 is 0.794 bits per heavy atom. The number of ether oxygens (including phenoxy) is 5. The number of hydrogen-bond acceptors (Lipinski definition) is 12. The molecule has 0 aromatic rings. The van der Waals surface area contributed by atoms with Crippen LogP contribution < -0.4 is 16.0 Å². The molecule has 0 aliphatic carbocycles. The lowest BCUT2D eigenvalue weighted by atomic mass is 9.97. The fraction of sp³-hybridized carbons (Fsp3) is 0.700. The molecule has 6 atom stereocenters. The Morgan fingerprint density at radius 3 is 1.79 bits per heavy atom. The molecule has 1 heterocycles. The van der Waals surface area contributed by atoms with Gasteiger partial charge in [-0.3, -0.25) is 28.8 Å². The van der Waals surface area contributed by atoms with E-state index in [2.05, 4.69) is 16.0 Å². The predicted octanol–water partition coefficient (Wildman–Crippen LogP) is -2.09. The summed E-state index contributed by atoms with van der Waals surface area (Å²) in [6.45, 7) is 3.98. The molecule has 2 amide bonds. The zero-order chi connectivity index (χ0) is 26.0. The first-order valence-corrected chi connectivity index (χ1v) is 10.4. The highest BCUT2D eigenvalue weighted by atomic mass is 16.7. The third-order valence-electron chi connectivity index (χ3n) is 4.59. The highest BCUT2D eigenvalue weighted by molar-refractivity contribution is 5.88. The molecule has 3 unspecified atom stereocenters. The maximum absolute atomic E-state index is 12.7. The van der Waals surface area contributed by atoms with E-state index >= 15 is 0 Å². The van der Waals surface area contributed by atoms with Gasteiger partial charge in [-0.2, -0.15) is 0 Å². The van der Waals surface area contributed by atoms with Crippen LogP contribution in [0.3, 0.4) is 0 Å². The SMILES string of the molecule is CNC(=O)[C@H](CC(=O)N[C@@H]1OC(COC(C)=O)[C@H](OC(C)=O)C(OC(C)=O)C1OC(C)=O)NC. The molecule has 14 nitrogen and oxygen atoms in total. The molecule has 192 valence electrons. The van der Waals surface area contributed by atoms with Gasteiger partial charge in [0.2, 0.25) is 11.8 Å². The molecular weight excluding hydrogens is 458 g/mol. The van der Waals surface area contributed by atoms with Gasteiger partial charge in [0.25, 0.3) is 0 Å². The zero-order valence-electron chi connectivity index (χ0n) is 19.9. The van der Waals surface area contributed by atoms with E-state index in [-0.39, 0.29) is 6.42 Å². The van der Waals surface area contributed by atoms with Crippen molar-refractivity contribution in [2.24, 2.45) is 0 Å². The molecule has 0 spiro atoms. The van der Waals surface area contributed by atoms with Crippen molar-refractivity contribution in [2.45, 2.75) is 70.8 Å². The lowest BCUT2D eigenvalue weighted by molar-refractivity contribution is -0.257. The van der Waals surface area contributed by atoms with Gasteiger partial charge in [0, 0.05) is 34.7 Å². The molecule has 14 heteroatoms. The van der Waals surface area contributed by atoms with Crippen molar-refractivity contribution in [1.82, 2.24) is 16.0 Å². The van der Waals surface area contributed by atoms with Gasteiger partial charge < -0.3 is 39.6 Å². The molecule has 0 aromatic heterocycles. The van der Waals surface area contributed by atoms with Crippen molar-refractivity contribution in [2.75, 3.05) is 20.7 Å². The number of carbonyl (C=O) groups is 6. The van der Waals surface area contributed by atoms with Gasteiger partial charge in [-0.05, 0) is 7.05 Å². The first-order chi connectivity index (χ1) is 15.9. The van der Waals surface area contributed by atoms with Crippen molar-refractivity contribution in [3.63, 3.8) is 0 Å². The summed E-state index contributed by atoms with van der Waals surface area (Å²) in [6, 6.07) is -0.879. The second kappa shape index (κ2) is 13.4. The number of carbonyl (C=O) groups excluding carboxylic acids is 6. The molecule has 1 saturated heterocycles. The Bertz CT molecular complexity index is 788. The fourth-order valence-corrected chi connectivity index (χ4v) is 3.25. The lowest BCUT2D eigenvalue weighted by Crippen LogP contribution is -2.66. The second-order valence-electron chi connectivity index (χ2n) is 7.35. The van der Waals surface area contributed by atoms with Crippen molar-refractivity contribution < 1.29 is 52.5 Å². The van der Waals surface area contributed by atoms with Crippen LogP contribution in [0.25, 0.3) is 0 Å². The topological polar surface area (TPSA) is 185 Å². The summed E-state index contributed by atoms with van der Waals surface area (Å²) in [5.41, 5.74) is 0. The number of esters is 4. The molecule has 1 fully saturated rings. The van der Waals surface area contributed by atoms with Crippen molar-refractivity contribution >= 4 is 35.7 Å². The molecule has 0 aromatic carbocycles. The van der Waals surface area contributed by atoms with Crippen LogP contribution in [0.1, 0.15) is 34.1 Å². The van der Waals surface area contributed by atoms with E-state index in [4.69, 9.17) is 23.7 Å². The lowest BCUT2D eigenvalue weighted by Gasteiger charge is -2.44. The maximum atomic E-state index is 12.7. The van der Waals surface area contributed by atoms with E-state index in [0.717, 1.165) is 27.7 Å². The number of nitrogens with one attached hydrogen (secondary N) is 3. The van der Waals surface area contributed by atoms with E-state index in [1.165, 1.54) is 14.1 Å². The van der Waals surface area contributed by atoms with Gasteiger partial charge in [0.15, 0.2) is 24.5 Å². The smallest absolute Gasteiger partial charge is 0.303 e. The molecule has 34 heavy (non-hydrogen) atoms. The summed E-state index contributed by atoms with van der Waals surface area (Å²) in [4.78, 5) is 71.2. The molecule has 0 bridgehead atoms. The highest BCUT2D eigenvalue weighted by Crippen LogP contribution is 2.28. The van der Waals surface area contributed by atoms with Gasteiger partial charge in [-0.1, -0.05) is 0 Å². The van der Waals surface area contributed by atoms with Gasteiger partial charge in [0.1, 0.15) is 12.7 Å². The van der Waals surface area contributed by atoms with E-state index in [9.17, 15) is 28.8 Å². The average Bonchev–Trinajstić information content (AvgIpc) is 2.73. The Morgan fingerprint density at radius 2 is 1.32 bits per heavy atom. The standard InChI is InChI=1S/C20H31N3O11/c1-9(24)30-8-14-16(31-10(2)25)17(32-11(3)26)18(33-12(4)27)20(34-14)23-15(28)7-13(21-5)19(29)22-6/h13-14,16-18,20-21H,7-8H2,1-6H3,(H,22,29)(H,23,28)/t13-,14?,16-,17?,18?,20+/m0/s1. The molecular formula is C20H31N3O11. The normalized spacial score (nSPS) is 24.7. The molecule has 3 N–H and O–H groups in total. The van der Waals surface area contributed by atoms with Crippen molar-refractivity contribution in [3.8, 4) is 0 Å². The Kier molecular flexibility index (Phi) is 11.4. The van der Waals surface area contributed by atoms with Crippen LogP contribution >= 0.6 is 0 Å². The first kappa shape index (κ1) is 28.8. The van der Waals surface area contributed by atoms with E-state index in [0.29, 0.717) is 0 Å². The maximum Gasteiger partial charge on any atom is 0.303 e. The number of hydrogen-bond donors (Lipinski definition) is 3. The van der Waals surface area contributed by atoms with Crippen LogP contribution in [0.15, 0.2) is 0 Å². The summed E-state index contributed by atoms with van der Waals surface area (Å²) in [5, 5.41) is 7.58. The average molecular weight is 489 g/mol. The number of amides is 2. The molecule has 1 aliphatic rings. The van der Waals surface area contributed by atoms with Crippen LogP contribution in [0.5, 0.6) is 0 Å². The van der Waals surface area contributed by atoms with Gasteiger partial charge >= 0.3 is 23.9 Å². The van der Waals surface area contributed by atoms with E-state index in [1.807, 2.05) is 0 Å². The monoisotopic (exact) mass is 489 g/mol. The van der Waals surface area contributed by atoms with Crippen LogP contribution in [-0.4, -0.2) is 93.1 Å². The minimum Gasteiger partial charge on any atom is -0.463 e.